The van der Waals surface area contributed by atoms with E-state index in [1.165, 1.54) is 5.56 Å². The fourth-order valence-electron chi connectivity index (χ4n) is 2.66. The molecule has 1 aliphatic rings. The molecule has 3 heterocycles. The molecule has 2 aromatic heterocycles. The van der Waals surface area contributed by atoms with Crippen molar-refractivity contribution in [2.75, 3.05) is 11.9 Å². The first-order valence-corrected chi connectivity index (χ1v) is 6.96. The highest BCUT2D eigenvalue weighted by Crippen LogP contribution is 2.29. The third kappa shape index (κ3) is 2.08. The standard InChI is InChI=1S/C15H15N5O/c1-9-12-8-17-20-14(12)19-15(18-9)16-7-11-4-2-3-10-5-6-21-13(10)11/h2-4,8H,5-7H2,1H3,(H2,16,17,18,19,20). The topological polar surface area (TPSA) is 75.7 Å². The van der Waals surface area contributed by atoms with E-state index in [4.69, 9.17) is 4.74 Å². The molecule has 21 heavy (non-hydrogen) atoms. The molecule has 0 saturated carbocycles. The van der Waals surface area contributed by atoms with E-state index in [0.29, 0.717) is 12.5 Å². The molecule has 1 aromatic carbocycles. The molecule has 4 rings (SSSR count). The summed E-state index contributed by atoms with van der Waals surface area (Å²) in [4.78, 5) is 8.88. The van der Waals surface area contributed by atoms with Gasteiger partial charge in [0.25, 0.3) is 0 Å². The second-order valence-electron chi connectivity index (χ2n) is 5.12. The Hall–Kier alpha value is -2.63. The molecule has 3 aromatic rings. The first kappa shape index (κ1) is 12.1. The second-order valence-corrected chi connectivity index (χ2v) is 5.12. The van der Waals surface area contributed by atoms with Gasteiger partial charge in [-0.2, -0.15) is 10.1 Å². The van der Waals surface area contributed by atoms with Crippen molar-refractivity contribution in [3.8, 4) is 5.75 Å². The Morgan fingerprint density at radius 1 is 1.33 bits per heavy atom. The van der Waals surface area contributed by atoms with E-state index in [9.17, 15) is 0 Å². The molecule has 1 aliphatic heterocycles. The van der Waals surface area contributed by atoms with Gasteiger partial charge in [0.1, 0.15) is 5.75 Å². The molecule has 0 radical (unpaired) electrons. The molecular formula is C15H15N5O. The summed E-state index contributed by atoms with van der Waals surface area (Å²) in [5.74, 6) is 1.60. The van der Waals surface area contributed by atoms with Crippen LogP contribution in [0.15, 0.2) is 24.4 Å². The van der Waals surface area contributed by atoms with Crippen LogP contribution in [0.3, 0.4) is 0 Å². The first-order valence-electron chi connectivity index (χ1n) is 6.96. The van der Waals surface area contributed by atoms with Crippen molar-refractivity contribution in [3.05, 3.63) is 41.2 Å². The molecule has 0 fully saturated rings. The summed E-state index contributed by atoms with van der Waals surface area (Å²) < 4.78 is 5.70. The molecule has 0 amide bonds. The van der Waals surface area contributed by atoms with Crippen molar-refractivity contribution in [2.24, 2.45) is 0 Å². The largest absolute Gasteiger partial charge is 0.493 e. The molecule has 106 valence electrons. The van der Waals surface area contributed by atoms with E-state index in [0.717, 1.165) is 41.1 Å². The van der Waals surface area contributed by atoms with Crippen LogP contribution in [0, 0.1) is 6.92 Å². The van der Waals surface area contributed by atoms with E-state index >= 15 is 0 Å². The number of ether oxygens (including phenoxy) is 1. The maximum atomic E-state index is 5.70. The lowest BCUT2D eigenvalue weighted by Crippen LogP contribution is -2.05. The number of nitrogens with zero attached hydrogens (tertiary/aromatic N) is 3. The Labute approximate surface area is 121 Å². The predicted octanol–water partition coefficient (Wildman–Crippen LogP) is 2.21. The van der Waals surface area contributed by atoms with E-state index < -0.39 is 0 Å². The Kier molecular flexibility index (Phi) is 2.73. The maximum Gasteiger partial charge on any atom is 0.225 e. The van der Waals surface area contributed by atoms with Gasteiger partial charge in [0, 0.05) is 18.5 Å². The third-order valence-corrected chi connectivity index (χ3v) is 3.73. The zero-order valence-electron chi connectivity index (χ0n) is 11.7. The summed E-state index contributed by atoms with van der Waals surface area (Å²) in [5.41, 5.74) is 4.07. The fourth-order valence-corrected chi connectivity index (χ4v) is 2.66. The number of H-pyrrole nitrogens is 1. The summed E-state index contributed by atoms with van der Waals surface area (Å²) in [6.07, 6.45) is 2.73. The van der Waals surface area contributed by atoms with Gasteiger partial charge in [0.2, 0.25) is 5.95 Å². The summed E-state index contributed by atoms with van der Waals surface area (Å²) >= 11 is 0. The number of benzene rings is 1. The van der Waals surface area contributed by atoms with E-state index in [2.05, 4.69) is 43.7 Å². The number of hydrogen-bond acceptors (Lipinski definition) is 5. The molecule has 0 unspecified atom stereocenters. The minimum absolute atomic E-state index is 0.597. The number of nitrogens with one attached hydrogen (secondary N) is 2. The van der Waals surface area contributed by atoms with Gasteiger partial charge in [-0.25, -0.2) is 4.98 Å². The van der Waals surface area contributed by atoms with Crippen LogP contribution < -0.4 is 10.1 Å². The number of rotatable bonds is 3. The van der Waals surface area contributed by atoms with Gasteiger partial charge in [-0.05, 0) is 12.5 Å². The number of para-hydroxylation sites is 1. The highest BCUT2D eigenvalue weighted by atomic mass is 16.5. The number of aromatic nitrogens is 4. The number of fused-ring (bicyclic) bond motifs is 2. The van der Waals surface area contributed by atoms with Crippen LogP contribution in [0.4, 0.5) is 5.95 Å². The van der Waals surface area contributed by atoms with Crippen LogP contribution in [0.25, 0.3) is 11.0 Å². The molecule has 0 saturated heterocycles. The number of aryl methyl sites for hydroxylation is 1. The lowest BCUT2D eigenvalue weighted by atomic mass is 10.1. The predicted molar refractivity (Wildman–Crippen MR) is 79.4 cm³/mol. The van der Waals surface area contributed by atoms with Crippen molar-refractivity contribution >= 4 is 17.0 Å². The minimum Gasteiger partial charge on any atom is -0.493 e. The highest BCUT2D eigenvalue weighted by molar-refractivity contribution is 5.77. The summed E-state index contributed by atoms with van der Waals surface area (Å²) in [7, 11) is 0. The van der Waals surface area contributed by atoms with Crippen molar-refractivity contribution in [1.29, 1.82) is 0 Å². The minimum atomic E-state index is 0.597. The van der Waals surface area contributed by atoms with E-state index in [-0.39, 0.29) is 0 Å². The smallest absolute Gasteiger partial charge is 0.225 e. The Morgan fingerprint density at radius 3 is 3.24 bits per heavy atom. The summed E-state index contributed by atoms with van der Waals surface area (Å²) in [6.45, 7) is 3.36. The van der Waals surface area contributed by atoms with Crippen LogP contribution >= 0.6 is 0 Å². The van der Waals surface area contributed by atoms with E-state index in [1.807, 2.05) is 6.92 Å². The van der Waals surface area contributed by atoms with Gasteiger partial charge < -0.3 is 10.1 Å². The zero-order valence-corrected chi connectivity index (χ0v) is 11.7. The van der Waals surface area contributed by atoms with Gasteiger partial charge in [-0.1, -0.05) is 18.2 Å². The summed E-state index contributed by atoms with van der Waals surface area (Å²) in [5, 5.41) is 11.1. The number of hydrogen-bond donors (Lipinski definition) is 2. The number of anilines is 1. The van der Waals surface area contributed by atoms with Crippen molar-refractivity contribution in [2.45, 2.75) is 19.9 Å². The van der Waals surface area contributed by atoms with Gasteiger partial charge in [-0.15, -0.1) is 0 Å². The van der Waals surface area contributed by atoms with Crippen molar-refractivity contribution < 1.29 is 4.74 Å². The third-order valence-electron chi connectivity index (χ3n) is 3.73. The van der Waals surface area contributed by atoms with Crippen LogP contribution in [-0.2, 0) is 13.0 Å². The molecule has 0 aliphatic carbocycles. The molecule has 6 heteroatoms. The van der Waals surface area contributed by atoms with Gasteiger partial charge >= 0.3 is 0 Å². The Balaban J connectivity index is 1.60. The monoisotopic (exact) mass is 281 g/mol. The lowest BCUT2D eigenvalue weighted by Gasteiger charge is -2.09. The average Bonchev–Trinajstić information content (AvgIpc) is 3.13. The average molecular weight is 281 g/mol. The molecule has 0 spiro atoms. The second kappa shape index (κ2) is 4.73. The molecule has 2 N–H and O–H groups in total. The molecule has 6 nitrogen and oxygen atoms in total. The lowest BCUT2D eigenvalue weighted by molar-refractivity contribution is 0.354. The maximum absolute atomic E-state index is 5.70. The molecule has 0 bridgehead atoms. The van der Waals surface area contributed by atoms with Crippen LogP contribution in [-0.4, -0.2) is 26.8 Å². The van der Waals surface area contributed by atoms with Crippen LogP contribution in [0.5, 0.6) is 5.75 Å². The zero-order chi connectivity index (χ0) is 14.2. The Morgan fingerprint density at radius 2 is 2.29 bits per heavy atom. The van der Waals surface area contributed by atoms with Gasteiger partial charge in [0.15, 0.2) is 5.65 Å². The first-order chi connectivity index (χ1) is 10.3. The molecular weight excluding hydrogens is 266 g/mol. The van der Waals surface area contributed by atoms with Crippen molar-refractivity contribution in [1.82, 2.24) is 20.2 Å². The quantitative estimate of drug-likeness (QED) is 0.769. The van der Waals surface area contributed by atoms with Gasteiger partial charge in [0.05, 0.1) is 23.9 Å². The highest BCUT2D eigenvalue weighted by Gasteiger charge is 2.15. The van der Waals surface area contributed by atoms with E-state index in [1.54, 1.807) is 6.20 Å². The summed E-state index contributed by atoms with van der Waals surface area (Å²) in [6, 6.07) is 6.25. The SMILES string of the molecule is Cc1nc(NCc2cccc3c2OCC3)nc2[nH]ncc12. The van der Waals surface area contributed by atoms with Crippen LogP contribution in [0.2, 0.25) is 0 Å². The Bertz CT molecular complexity index is 811. The van der Waals surface area contributed by atoms with Gasteiger partial charge in [-0.3, -0.25) is 5.10 Å². The fraction of sp³-hybridized carbons (Fsp3) is 0.267. The molecule has 0 atom stereocenters. The van der Waals surface area contributed by atoms with Crippen molar-refractivity contribution in [3.63, 3.8) is 0 Å². The number of aromatic amines is 1. The normalized spacial score (nSPS) is 13.2. The van der Waals surface area contributed by atoms with Crippen LogP contribution in [0.1, 0.15) is 16.8 Å².